The monoisotopic (exact) mass is 631 g/mol. The van der Waals surface area contributed by atoms with Gasteiger partial charge < -0.3 is 25.0 Å². The lowest BCUT2D eigenvalue weighted by Crippen LogP contribution is -2.46. The Kier molecular flexibility index (Phi) is 10.5. The second kappa shape index (κ2) is 15.1. The average Bonchev–Trinajstić information content (AvgIpc) is 3.07. The van der Waals surface area contributed by atoms with Crippen LogP contribution in [-0.2, 0) is 46.6 Å². The predicted octanol–water partition coefficient (Wildman–Crippen LogP) is 5.16. The highest BCUT2D eigenvalue weighted by Gasteiger charge is 2.24. The Bertz CT molecular complexity index is 1940. The van der Waals surface area contributed by atoms with Crippen molar-refractivity contribution < 1.29 is 24.2 Å². The van der Waals surface area contributed by atoms with Gasteiger partial charge in [0.25, 0.3) is 5.56 Å². The number of carboxylic acids is 1. The molecule has 1 aromatic heterocycles. The number of aryl methyl sites for hydroxylation is 1. The van der Waals surface area contributed by atoms with Gasteiger partial charge in [-0.15, -0.1) is 0 Å². The average molecular weight is 632 g/mol. The van der Waals surface area contributed by atoms with Gasteiger partial charge in [0.15, 0.2) is 0 Å². The first-order valence-electron chi connectivity index (χ1n) is 15.5. The first-order valence-corrected chi connectivity index (χ1v) is 15.5. The van der Waals surface area contributed by atoms with Crippen molar-refractivity contribution in [2.75, 3.05) is 12.4 Å². The molecule has 1 atom stereocenters. The quantitative estimate of drug-likeness (QED) is 0.165. The Labute approximate surface area is 272 Å². The largest absolute Gasteiger partial charge is 0.497 e. The van der Waals surface area contributed by atoms with Crippen molar-refractivity contribution >= 4 is 34.2 Å². The van der Waals surface area contributed by atoms with Crippen LogP contribution in [0, 0.1) is 0 Å². The van der Waals surface area contributed by atoms with E-state index in [0.29, 0.717) is 29.8 Å². The molecular formula is C38H37N3O6. The van der Waals surface area contributed by atoms with E-state index < -0.39 is 17.9 Å². The van der Waals surface area contributed by atoms with Crippen LogP contribution >= 0.6 is 0 Å². The van der Waals surface area contributed by atoms with Crippen molar-refractivity contribution in [3.8, 4) is 5.75 Å². The summed E-state index contributed by atoms with van der Waals surface area (Å²) < 4.78 is 6.77. The lowest BCUT2D eigenvalue weighted by atomic mass is 10.0. The maximum Gasteiger partial charge on any atom is 0.307 e. The van der Waals surface area contributed by atoms with Crippen LogP contribution in [0.15, 0.2) is 108 Å². The maximum atomic E-state index is 13.9. The first kappa shape index (κ1) is 32.7. The molecule has 0 unspecified atom stereocenters. The first-order chi connectivity index (χ1) is 22.7. The number of benzene rings is 4. The summed E-state index contributed by atoms with van der Waals surface area (Å²) in [7, 11) is 1.59. The number of aliphatic carboxylic acids is 1. The number of carbonyl (C=O) groups is 3. The number of nitrogens with one attached hydrogen (secondary N) is 2. The van der Waals surface area contributed by atoms with Gasteiger partial charge in [0.1, 0.15) is 17.5 Å². The minimum absolute atomic E-state index is 0.0584. The molecule has 0 radical (unpaired) electrons. The zero-order chi connectivity index (χ0) is 33.3. The van der Waals surface area contributed by atoms with E-state index in [1.165, 1.54) is 4.57 Å². The van der Waals surface area contributed by atoms with Crippen molar-refractivity contribution in [3.63, 3.8) is 0 Å². The van der Waals surface area contributed by atoms with Gasteiger partial charge in [-0.3, -0.25) is 19.2 Å². The summed E-state index contributed by atoms with van der Waals surface area (Å²) >= 11 is 0. The van der Waals surface area contributed by atoms with Crippen molar-refractivity contribution in [1.82, 2.24) is 9.88 Å². The van der Waals surface area contributed by atoms with Gasteiger partial charge in [-0.05, 0) is 63.2 Å². The van der Waals surface area contributed by atoms with Crippen LogP contribution in [0.4, 0.5) is 5.69 Å². The molecule has 0 saturated carbocycles. The Balaban J connectivity index is 1.41. The van der Waals surface area contributed by atoms with Crippen molar-refractivity contribution in [2.24, 2.45) is 0 Å². The molecule has 5 rings (SSSR count). The topological polar surface area (TPSA) is 127 Å². The Hall–Kier alpha value is -5.70. The van der Waals surface area contributed by atoms with E-state index in [1.54, 1.807) is 37.6 Å². The predicted molar refractivity (Wildman–Crippen MR) is 182 cm³/mol. The SMILES string of the molecule is CCc1ccn(Cc2ccc(OC)cc2)c(=O)c1NC(=O)[C@H](Cc1ccc(CC(=O)O)cc1)NC(=O)Cc1cccc2ccccc12. The van der Waals surface area contributed by atoms with Crippen molar-refractivity contribution in [2.45, 2.75) is 45.2 Å². The van der Waals surface area contributed by atoms with Gasteiger partial charge in [0.2, 0.25) is 11.8 Å². The fraction of sp³-hybridized carbons (Fsp3) is 0.211. The van der Waals surface area contributed by atoms with Crippen LogP contribution in [0.25, 0.3) is 10.8 Å². The van der Waals surface area contributed by atoms with Crippen LogP contribution in [0.3, 0.4) is 0 Å². The lowest BCUT2D eigenvalue weighted by molar-refractivity contribution is -0.136. The third kappa shape index (κ3) is 8.32. The zero-order valence-electron chi connectivity index (χ0n) is 26.4. The standard InChI is InChI=1S/C38H37N3O6/c1-3-28-19-20-41(24-27-15-17-31(47-2)18-16-27)38(46)36(28)40-37(45)33(21-25-11-13-26(14-12-25)22-35(43)44)39-34(42)23-30-9-6-8-29-7-4-5-10-32(29)30/h4-20,33H,3,21-24H2,1-2H3,(H,39,42)(H,40,45)(H,43,44)/t33-/m0/s1. The molecule has 0 aliphatic heterocycles. The number of hydrogen-bond donors (Lipinski definition) is 3. The van der Waals surface area contributed by atoms with Crippen LogP contribution in [0.1, 0.15) is 34.7 Å². The third-order valence-electron chi connectivity index (χ3n) is 8.09. The summed E-state index contributed by atoms with van der Waals surface area (Å²) in [6.45, 7) is 2.20. The number of amides is 2. The van der Waals surface area contributed by atoms with E-state index in [1.807, 2.05) is 79.7 Å². The lowest BCUT2D eigenvalue weighted by Gasteiger charge is -2.20. The number of pyridine rings is 1. The molecule has 0 spiro atoms. The Morgan fingerprint density at radius 1 is 0.809 bits per heavy atom. The minimum atomic E-state index is -1.01. The molecule has 0 fully saturated rings. The van der Waals surface area contributed by atoms with E-state index in [4.69, 9.17) is 9.84 Å². The molecule has 0 aliphatic rings. The van der Waals surface area contributed by atoms with Crippen molar-refractivity contribution in [1.29, 1.82) is 0 Å². The summed E-state index contributed by atoms with van der Waals surface area (Å²) in [5.41, 5.74) is 3.55. The Morgan fingerprint density at radius 3 is 2.19 bits per heavy atom. The van der Waals surface area contributed by atoms with Gasteiger partial charge in [0, 0.05) is 12.6 Å². The molecule has 3 N–H and O–H groups in total. The number of hydrogen-bond acceptors (Lipinski definition) is 5. The molecule has 2 amide bonds. The van der Waals surface area contributed by atoms with E-state index in [9.17, 15) is 19.2 Å². The number of anilines is 1. The normalized spacial score (nSPS) is 11.5. The van der Waals surface area contributed by atoms with Crippen LogP contribution < -0.4 is 20.9 Å². The number of methoxy groups -OCH3 is 1. The number of carboxylic acid groups (broad SMARTS) is 1. The minimum Gasteiger partial charge on any atom is -0.497 e. The van der Waals surface area contributed by atoms with E-state index in [-0.39, 0.29) is 36.4 Å². The van der Waals surface area contributed by atoms with Crippen LogP contribution in [-0.4, -0.2) is 40.6 Å². The second-order valence-corrected chi connectivity index (χ2v) is 11.4. The highest BCUT2D eigenvalue weighted by molar-refractivity contribution is 5.98. The highest BCUT2D eigenvalue weighted by Crippen LogP contribution is 2.20. The molecule has 0 aliphatic carbocycles. The number of fused-ring (bicyclic) bond motifs is 1. The van der Waals surface area contributed by atoms with Gasteiger partial charge >= 0.3 is 5.97 Å². The molecule has 1 heterocycles. The molecule has 240 valence electrons. The third-order valence-corrected chi connectivity index (χ3v) is 8.09. The van der Waals surface area contributed by atoms with Gasteiger partial charge in [-0.25, -0.2) is 0 Å². The van der Waals surface area contributed by atoms with E-state index >= 15 is 0 Å². The summed E-state index contributed by atoms with van der Waals surface area (Å²) in [6.07, 6.45) is 2.29. The van der Waals surface area contributed by atoms with Crippen molar-refractivity contribution in [3.05, 3.63) is 141 Å². The number of aromatic nitrogens is 1. The summed E-state index contributed by atoms with van der Waals surface area (Å²) in [4.78, 5) is 52.2. The van der Waals surface area contributed by atoms with Gasteiger partial charge in [-0.1, -0.05) is 85.8 Å². The summed E-state index contributed by atoms with van der Waals surface area (Å²) in [5.74, 6) is -1.10. The number of nitrogens with zero attached hydrogens (tertiary/aromatic N) is 1. The maximum absolute atomic E-state index is 13.9. The van der Waals surface area contributed by atoms with Crippen LogP contribution in [0.5, 0.6) is 5.75 Å². The number of carbonyl (C=O) groups excluding carboxylic acids is 2. The fourth-order valence-corrected chi connectivity index (χ4v) is 5.58. The molecule has 9 heteroatoms. The highest BCUT2D eigenvalue weighted by atomic mass is 16.5. The summed E-state index contributed by atoms with van der Waals surface area (Å²) in [5, 5.41) is 16.8. The molecule has 47 heavy (non-hydrogen) atoms. The molecular weight excluding hydrogens is 594 g/mol. The zero-order valence-corrected chi connectivity index (χ0v) is 26.4. The Morgan fingerprint density at radius 2 is 1.49 bits per heavy atom. The number of rotatable bonds is 13. The van der Waals surface area contributed by atoms with Gasteiger partial charge in [-0.2, -0.15) is 0 Å². The smallest absolute Gasteiger partial charge is 0.307 e. The van der Waals surface area contributed by atoms with Gasteiger partial charge in [0.05, 0.1) is 26.5 Å². The molecule has 0 bridgehead atoms. The fourth-order valence-electron chi connectivity index (χ4n) is 5.58. The van der Waals surface area contributed by atoms with E-state index in [2.05, 4.69) is 10.6 Å². The second-order valence-electron chi connectivity index (χ2n) is 11.4. The van der Waals surface area contributed by atoms with E-state index in [0.717, 1.165) is 27.5 Å². The molecule has 4 aromatic carbocycles. The molecule has 0 saturated heterocycles. The molecule has 9 nitrogen and oxygen atoms in total. The summed E-state index contributed by atoms with van der Waals surface area (Å²) in [6, 6.07) is 28.6. The molecule has 5 aromatic rings. The number of ether oxygens (including phenoxy) is 1. The van der Waals surface area contributed by atoms with Crippen LogP contribution in [0.2, 0.25) is 0 Å².